The van der Waals surface area contributed by atoms with Gasteiger partial charge in [-0.1, -0.05) is 17.3 Å². The normalized spacial score (nSPS) is 10.6. The predicted octanol–water partition coefficient (Wildman–Crippen LogP) is 3.53. The Labute approximate surface area is 145 Å². The summed E-state index contributed by atoms with van der Waals surface area (Å²) < 4.78 is 21.5. The van der Waals surface area contributed by atoms with Crippen LogP contribution in [0.1, 0.15) is 5.56 Å². The van der Waals surface area contributed by atoms with Crippen LogP contribution < -0.4 is 14.2 Å². The molecule has 25 heavy (non-hydrogen) atoms. The third kappa shape index (κ3) is 3.16. The Morgan fingerprint density at radius 1 is 0.960 bits per heavy atom. The fourth-order valence-electron chi connectivity index (χ4n) is 2.66. The largest absolute Gasteiger partial charge is 0.497 e. The Morgan fingerprint density at radius 2 is 1.72 bits per heavy atom. The number of benzene rings is 2. The minimum atomic E-state index is -0.230. The lowest BCUT2D eigenvalue weighted by Crippen LogP contribution is -1.93. The quantitative estimate of drug-likeness (QED) is 0.739. The second kappa shape index (κ2) is 7.27. The van der Waals surface area contributed by atoms with E-state index in [0.29, 0.717) is 39.8 Å². The highest BCUT2D eigenvalue weighted by atomic mass is 16.5. The number of hydrogen-bond acceptors (Lipinski definition) is 6. The van der Waals surface area contributed by atoms with Crippen molar-refractivity contribution in [3.8, 4) is 39.8 Å². The maximum atomic E-state index is 9.92. The molecule has 0 unspecified atom stereocenters. The van der Waals surface area contributed by atoms with Crippen molar-refractivity contribution in [3.05, 3.63) is 48.0 Å². The van der Waals surface area contributed by atoms with Crippen molar-refractivity contribution in [2.24, 2.45) is 0 Å². The molecule has 6 heteroatoms. The zero-order valence-electron chi connectivity index (χ0n) is 14.3. The lowest BCUT2D eigenvalue weighted by molar-refractivity contribution is 0.281. The first-order valence-corrected chi connectivity index (χ1v) is 7.68. The highest BCUT2D eigenvalue weighted by molar-refractivity contribution is 5.77. The van der Waals surface area contributed by atoms with Gasteiger partial charge in [-0.3, -0.25) is 0 Å². The van der Waals surface area contributed by atoms with Gasteiger partial charge in [0.15, 0.2) is 5.76 Å². The Morgan fingerprint density at radius 3 is 2.40 bits per heavy atom. The van der Waals surface area contributed by atoms with Crippen LogP contribution in [-0.2, 0) is 6.61 Å². The van der Waals surface area contributed by atoms with E-state index in [9.17, 15) is 5.11 Å². The van der Waals surface area contributed by atoms with E-state index in [2.05, 4.69) is 5.16 Å². The summed E-state index contributed by atoms with van der Waals surface area (Å²) in [6.07, 6.45) is 0. The molecule has 0 bridgehead atoms. The fraction of sp³-hybridized carbons (Fsp3) is 0.211. The molecule has 0 atom stereocenters. The molecule has 6 nitrogen and oxygen atoms in total. The van der Waals surface area contributed by atoms with E-state index in [1.54, 1.807) is 39.5 Å². The van der Waals surface area contributed by atoms with E-state index in [1.807, 2.05) is 24.3 Å². The molecule has 0 fully saturated rings. The molecule has 0 aliphatic rings. The fourth-order valence-corrected chi connectivity index (χ4v) is 2.66. The van der Waals surface area contributed by atoms with E-state index < -0.39 is 0 Å². The second-order valence-corrected chi connectivity index (χ2v) is 5.30. The molecule has 0 aliphatic heterocycles. The van der Waals surface area contributed by atoms with Gasteiger partial charge in [0.05, 0.1) is 39.1 Å². The summed E-state index contributed by atoms with van der Waals surface area (Å²) in [5, 5.41) is 14.1. The third-order valence-electron chi connectivity index (χ3n) is 3.94. The Bertz CT molecular complexity index is 872. The molecular formula is C19H19NO5. The molecule has 0 aliphatic carbocycles. The van der Waals surface area contributed by atoms with Gasteiger partial charge in [0.2, 0.25) is 0 Å². The number of aromatic nitrogens is 1. The second-order valence-electron chi connectivity index (χ2n) is 5.30. The lowest BCUT2D eigenvalue weighted by Gasteiger charge is -2.09. The smallest absolute Gasteiger partial charge is 0.176 e. The zero-order valence-corrected chi connectivity index (χ0v) is 14.3. The standard InChI is InChI=1S/C19H19NO5/c1-22-13-6-4-5-12(9-13)18-16(11-21)19(25-20-18)15-10-14(23-2)7-8-17(15)24-3/h4-10,21H,11H2,1-3H3. The van der Waals surface area contributed by atoms with Gasteiger partial charge in [0.1, 0.15) is 22.9 Å². The van der Waals surface area contributed by atoms with Gasteiger partial charge in [-0.15, -0.1) is 0 Å². The van der Waals surface area contributed by atoms with Crippen molar-refractivity contribution in [1.29, 1.82) is 0 Å². The van der Waals surface area contributed by atoms with Crippen molar-refractivity contribution < 1.29 is 23.8 Å². The number of hydrogen-bond donors (Lipinski definition) is 1. The molecule has 0 saturated heterocycles. The van der Waals surface area contributed by atoms with Gasteiger partial charge in [0.25, 0.3) is 0 Å². The van der Waals surface area contributed by atoms with Gasteiger partial charge < -0.3 is 23.8 Å². The first-order chi connectivity index (χ1) is 12.2. The summed E-state index contributed by atoms with van der Waals surface area (Å²) in [7, 11) is 4.76. The molecule has 0 spiro atoms. The first kappa shape index (κ1) is 16.9. The molecule has 1 heterocycles. The van der Waals surface area contributed by atoms with Gasteiger partial charge >= 0.3 is 0 Å². The molecule has 3 aromatic rings. The van der Waals surface area contributed by atoms with Crippen LogP contribution in [0.3, 0.4) is 0 Å². The van der Waals surface area contributed by atoms with Crippen molar-refractivity contribution in [3.63, 3.8) is 0 Å². The number of nitrogens with zero attached hydrogens (tertiary/aromatic N) is 1. The van der Waals surface area contributed by atoms with Crippen LogP contribution in [-0.4, -0.2) is 31.6 Å². The Hall–Kier alpha value is -2.99. The first-order valence-electron chi connectivity index (χ1n) is 7.68. The number of aliphatic hydroxyl groups excluding tert-OH is 1. The molecule has 130 valence electrons. The molecule has 2 aromatic carbocycles. The average Bonchev–Trinajstić information content (AvgIpc) is 3.11. The van der Waals surface area contributed by atoms with Crippen LogP contribution in [0.25, 0.3) is 22.6 Å². The van der Waals surface area contributed by atoms with E-state index in [1.165, 1.54) is 0 Å². The monoisotopic (exact) mass is 341 g/mol. The molecule has 0 amide bonds. The van der Waals surface area contributed by atoms with Crippen molar-refractivity contribution in [2.75, 3.05) is 21.3 Å². The zero-order chi connectivity index (χ0) is 17.8. The van der Waals surface area contributed by atoms with Crippen LogP contribution in [0.2, 0.25) is 0 Å². The predicted molar refractivity (Wildman–Crippen MR) is 93.0 cm³/mol. The number of methoxy groups -OCH3 is 3. The molecule has 1 aromatic heterocycles. The lowest BCUT2D eigenvalue weighted by atomic mass is 10.0. The van der Waals surface area contributed by atoms with Crippen molar-refractivity contribution in [1.82, 2.24) is 5.16 Å². The van der Waals surface area contributed by atoms with Gasteiger partial charge in [0, 0.05) is 5.56 Å². The average molecular weight is 341 g/mol. The highest BCUT2D eigenvalue weighted by Crippen LogP contribution is 2.39. The van der Waals surface area contributed by atoms with Crippen molar-refractivity contribution in [2.45, 2.75) is 6.61 Å². The van der Waals surface area contributed by atoms with E-state index in [0.717, 1.165) is 5.56 Å². The Balaban J connectivity index is 2.15. The molecular weight excluding hydrogens is 322 g/mol. The molecule has 3 rings (SSSR count). The van der Waals surface area contributed by atoms with Gasteiger partial charge in [-0.05, 0) is 30.3 Å². The molecule has 0 radical (unpaired) electrons. The van der Waals surface area contributed by atoms with Gasteiger partial charge in [-0.2, -0.15) is 0 Å². The summed E-state index contributed by atoms with van der Waals surface area (Å²) in [4.78, 5) is 0. The van der Waals surface area contributed by atoms with E-state index in [-0.39, 0.29) is 6.61 Å². The van der Waals surface area contributed by atoms with Crippen LogP contribution in [0, 0.1) is 0 Å². The topological polar surface area (TPSA) is 74.0 Å². The third-order valence-corrected chi connectivity index (χ3v) is 3.94. The molecule has 1 N–H and O–H groups in total. The van der Waals surface area contributed by atoms with E-state index in [4.69, 9.17) is 18.7 Å². The summed E-state index contributed by atoms with van der Waals surface area (Å²) in [5.41, 5.74) is 2.58. The minimum Gasteiger partial charge on any atom is -0.497 e. The SMILES string of the molecule is COc1cccc(-c2noc(-c3cc(OC)ccc3OC)c2CO)c1. The van der Waals surface area contributed by atoms with Crippen LogP contribution in [0.15, 0.2) is 47.0 Å². The summed E-state index contributed by atoms with van der Waals surface area (Å²) in [6.45, 7) is -0.230. The van der Waals surface area contributed by atoms with Crippen LogP contribution in [0.4, 0.5) is 0 Å². The molecule has 0 saturated carbocycles. The highest BCUT2D eigenvalue weighted by Gasteiger charge is 2.22. The summed E-state index contributed by atoms with van der Waals surface area (Å²) >= 11 is 0. The minimum absolute atomic E-state index is 0.230. The maximum absolute atomic E-state index is 9.92. The van der Waals surface area contributed by atoms with E-state index >= 15 is 0 Å². The van der Waals surface area contributed by atoms with Gasteiger partial charge in [-0.25, -0.2) is 0 Å². The van der Waals surface area contributed by atoms with Crippen molar-refractivity contribution >= 4 is 0 Å². The number of ether oxygens (including phenoxy) is 3. The van der Waals surface area contributed by atoms with Crippen LogP contribution >= 0.6 is 0 Å². The number of rotatable bonds is 6. The Kier molecular flexibility index (Phi) is 4.90. The summed E-state index contributed by atoms with van der Waals surface area (Å²) in [6, 6.07) is 12.8. The van der Waals surface area contributed by atoms with Crippen LogP contribution in [0.5, 0.6) is 17.2 Å². The number of aliphatic hydroxyl groups is 1. The summed E-state index contributed by atoms with van der Waals surface area (Å²) in [5.74, 6) is 2.39. The maximum Gasteiger partial charge on any atom is 0.176 e.